The lowest BCUT2D eigenvalue weighted by Crippen LogP contribution is -2.27. The number of hydrogen-bond donors (Lipinski definition) is 1. The number of nitrogens with zero attached hydrogens (tertiary/aromatic N) is 3. The summed E-state index contributed by atoms with van der Waals surface area (Å²) in [7, 11) is 3.87. The first-order valence-electron chi connectivity index (χ1n) is 10.2. The van der Waals surface area contributed by atoms with Gasteiger partial charge >= 0.3 is 0 Å². The number of hydrogen-bond acceptors (Lipinski definition) is 4. The van der Waals surface area contributed by atoms with Crippen LogP contribution in [0.2, 0.25) is 0 Å². The van der Waals surface area contributed by atoms with Gasteiger partial charge in [-0.1, -0.05) is 12.1 Å². The summed E-state index contributed by atoms with van der Waals surface area (Å²) < 4.78 is 8.21. The predicted molar refractivity (Wildman–Crippen MR) is 118 cm³/mol. The molecule has 0 radical (unpaired) electrons. The van der Waals surface area contributed by atoms with Crippen molar-refractivity contribution in [1.82, 2.24) is 9.78 Å². The fourth-order valence-corrected chi connectivity index (χ4v) is 3.95. The van der Waals surface area contributed by atoms with Crippen molar-refractivity contribution < 1.29 is 4.74 Å². The van der Waals surface area contributed by atoms with Crippen LogP contribution in [-0.2, 0) is 13.7 Å². The number of benzene rings is 2. The zero-order valence-electron chi connectivity index (χ0n) is 18.0. The number of anilines is 1. The van der Waals surface area contributed by atoms with E-state index in [2.05, 4.69) is 62.3 Å². The molecule has 1 aliphatic rings. The van der Waals surface area contributed by atoms with Gasteiger partial charge in [0.1, 0.15) is 12.4 Å². The Morgan fingerprint density at radius 2 is 1.93 bits per heavy atom. The topological polar surface area (TPSA) is 56.3 Å². The number of nitrogens with two attached hydrogens (primary N) is 1. The predicted octanol–water partition coefficient (Wildman–Crippen LogP) is 4.78. The third kappa shape index (κ3) is 3.75. The summed E-state index contributed by atoms with van der Waals surface area (Å²) in [5.41, 5.74) is 9.26. The van der Waals surface area contributed by atoms with Gasteiger partial charge in [-0.2, -0.15) is 5.10 Å². The molecule has 0 aliphatic heterocycles. The van der Waals surface area contributed by atoms with Crippen molar-refractivity contribution in [2.45, 2.75) is 46.1 Å². The molecule has 0 bridgehead atoms. The summed E-state index contributed by atoms with van der Waals surface area (Å²) in [6.07, 6.45) is 2.50. The van der Waals surface area contributed by atoms with Gasteiger partial charge in [-0.15, -0.1) is 0 Å². The number of rotatable bonds is 6. The lowest BCUT2D eigenvalue weighted by atomic mass is 10.0. The Morgan fingerprint density at radius 3 is 2.52 bits per heavy atom. The first-order valence-corrected chi connectivity index (χ1v) is 10.2. The molecule has 0 saturated heterocycles. The van der Waals surface area contributed by atoms with Crippen molar-refractivity contribution in [2.75, 3.05) is 12.1 Å². The van der Waals surface area contributed by atoms with Gasteiger partial charge in [0.15, 0.2) is 0 Å². The molecule has 4 rings (SSSR count). The molecule has 2 aromatic carbocycles. The van der Waals surface area contributed by atoms with E-state index in [1.807, 2.05) is 18.8 Å². The second kappa shape index (κ2) is 7.56. The Hall–Kier alpha value is -2.79. The van der Waals surface area contributed by atoms with Crippen molar-refractivity contribution >= 4 is 5.69 Å². The zero-order chi connectivity index (χ0) is 20.7. The van der Waals surface area contributed by atoms with Crippen LogP contribution in [0.5, 0.6) is 5.75 Å². The Balaban J connectivity index is 1.59. The molecule has 0 atom stereocenters. The number of ether oxygens (including phenoxy) is 1. The van der Waals surface area contributed by atoms with Crippen LogP contribution in [0.15, 0.2) is 36.4 Å². The molecule has 1 aromatic heterocycles. The molecule has 1 heterocycles. The third-order valence-electron chi connectivity index (χ3n) is 6.04. The molecule has 0 amide bonds. The van der Waals surface area contributed by atoms with Gasteiger partial charge in [-0.05, 0) is 80.5 Å². The van der Waals surface area contributed by atoms with E-state index in [-0.39, 0.29) is 0 Å². The van der Waals surface area contributed by atoms with Crippen molar-refractivity contribution in [3.63, 3.8) is 0 Å². The van der Waals surface area contributed by atoms with Crippen LogP contribution in [0.25, 0.3) is 11.3 Å². The fraction of sp³-hybridized carbons (Fsp3) is 0.375. The second-order valence-electron chi connectivity index (χ2n) is 8.18. The standard InChI is InChI=1S/C24H30N4O/c1-15-13-19(24-16(2)17(3)28(5)26-24)11-12-23(15)29-14-21-20(18-9-10-18)7-6-8-22(21)27(4)25/h6-8,11-13,18H,9-10,14,25H2,1-5H3. The van der Waals surface area contributed by atoms with Gasteiger partial charge in [0.2, 0.25) is 0 Å². The number of aromatic nitrogens is 2. The molecule has 5 heteroatoms. The highest BCUT2D eigenvalue weighted by molar-refractivity contribution is 5.66. The fourth-order valence-electron chi connectivity index (χ4n) is 3.95. The van der Waals surface area contributed by atoms with Crippen LogP contribution in [0.1, 0.15) is 46.7 Å². The van der Waals surface area contributed by atoms with Gasteiger partial charge in [0.25, 0.3) is 0 Å². The smallest absolute Gasteiger partial charge is 0.122 e. The number of hydrazine groups is 1. The summed E-state index contributed by atoms with van der Waals surface area (Å²) in [4.78, 5) is 0. The van der Waals surface area contributed by atoms with Crippen molar-refractivity contribution in [1.29, 1.82) is 0 Å². The van der Waals surface area contributed by atoms with Crippen LogP contribution in [0, 0.1) is 20.8 Å². The minimum absolute atomic E-state index is 0.519. The Morgan fingerprint density at radius 1 is 1.17 bits per heavy atom. The van der Waals surface area contributed by atoms with Gasteiger partial charge < -0.3 is 9.75 Å². The summed E-state index contributed by atoms with van der Waals surface area (Å²) >= 11 is 0. The van der Waals surface area contributed by atoms with Gasteiger partial charge in [0.05, 0.1) is 11.4 Å². The summed E-state index contributed by atoms with van der Waals surface area (Å²) in [5, 5.41) is 6.36. The largest absolute Gasteiger partial charge is 0.489 e. The van der Waals surface area contributed by atoms with Crippen LogP contribution in [-0.4, -0.2) is 16.8 Å². The summed E-state index contributed by atoms with van der Waals surface area (Å²) in [5.74, 6) is 7.63. The molecular formula is C24H30N4O. The molecule has 1 saturated carbocycles. The van der Waals surface area contributed by atoms with Crippen molar-refractivity contribution in [3.8, 4) is 17.0 Å². The van der Waals surface area contributed by atoms with E-state index in [0.717, 1.165) is 28.3 Å². The van der Waals surface area contributed by atoms with E-state index in [0.29, 0.717) is 12.5 Å². The van der Waals surface area contributed by atoms with E-state index in [1.54, 1.807) is 5.01 Å². The van der Waals surface area contributed by atoms with Gasteiger partial charge in [-0.3, -0.25) is 4.68 Å². The highest BCUT2D eigenvalue weighted by Crippen LogP contribution is 2.43. The third-order valence-corrected chi connectivity index (χ3v) is 6.04. The minimum Gasteiger partial charge on any atom is -0.489 e. The lowest BCUT2D eigenvalue weighted by molar-refractivity contribution is 0.303. The lowest BCUT2D eigenvalue weighted by Gasteiger charge is -2.21. The molecule has 2 N–H and O–H groups in total. The molecule has 0 unspecified atom stereocenters. The highest BCUT2D eigenvalue weighted by Gasteiger charge is 2.27. The van der Waals surface area contributed by atoms with E-state index >= 15 is 0 Å². The summed E-state index contributed by atoms with van der Waals surface area (Å²) in [6.45, 7) is 6.83. The van der Waals surface area contributed by atoms with Gasteiger partial charge in [0, 0.05) is 30.9 Å². The minimum atomic E-state index is 0.519. The normalized spacial score (nSPS) is 13.6. The molecule has 0 spiro atoms. The average molecular weight is 391 g/mol. The average Bonchev–Trinajstić information content (AvgIpc) is 3.51. The molecule has 29 heavy (non-hydrogen) atoms. The maximum atomic E-state index is 6.27. The maximum Gasteiger partial charge on any atom is 0.122 e. The van der Waals surface area contributed by atoms with E-state index in [4.69, 9.17) is 10.6 Å². The zero-order valence-corrected chi connectivity index (χ0v) is 18.0. The van der Waals surface area contributed by atoms with Crippen LogP contribution in [0.3, 0.4) is 0 Å². The molecule has 1 aliphatic carbocycles. The second-order valence-corrected chi connectivity index (χ2v) is 8.18. The summed E-state index contributed by atoms with van der Waals surface area (Å²) in [6, 6.07) is 12.7. The van der Waals surface area contributed by atoms with E-state index in [1.165, 1.54) is 35.2 Å². The first-order chi connectivity index (χ1) is 13.9. The SMILES string of the molecule is Cc1cc(-c2nn(C)c(C)c2C)ccc1OCc1c(C2CC2)cccc1N(C)N. The Labute approximate surface area is 173 Å². The molecule has 152 valence electrons. The Kier molecular flexibility index (Phi) is 5.09. The quantitative estimate of drug-likeness (QED) is 0.486. The van der Waals surface area contributed by atoms with Crippen LogP contribution < -0.4 is 15.6 Å². The first kappa shape index (κ1) is 19.5. The molecular weight excluding hydrogens is 360 g/mol. The van der Waals surface area contributed by atoms with Crippen molar-refractivity contribution in [2.24, 2.45) is 12.9 Å². The number of aryl methyl sites for hydroxylation is 2. The van der Waals surface area contributed by atoms with Crippen LogP contribution in [0.4, 0.5) is 5.69 Å². The van der Waals surface area contributed by atoms with E-state index in [9.17, 15) is 0 Å². The highest BCUT2D eigenvalue weighted by atomic mass is 16.5. The van der Waals surface area contributed by atoms with E-state index < -0.39 is 0 Å². The molecule has 1 fully saturated rings. The maximum absolute atomic E-state index is 6.27. The molecule has 3 aromatic rings. The Bertz CT molecular complexity index is 1030. The monoisotopic (exact) mass is 390 g/mol. The van der Waals surface area contributed by atoms with Crippen molar-refractivity contribution in [3.05, 3.63) is 64.3 Å². The molecule has 5 nitrogen and oxygen atoms in total. The van der Waals surface area contributed by atoms with Gasteiger partial charge in [-0.25, -0.2) is 5.84 Å². The van der Waals surface area contributed by atoms with Crippen LogP contribution >= 0.6 is 0 Å².